The van der Waals surface area contributed by atoms with E-state index in [1.54, 1.807) is 7.11 Å². The molecular formula is C33H41N7O4. The molecule has 0 saturated carbocycles. The second-order valence-electron chi connectivity index (χ2n) is 11.5. The number of nitrogens with two attached hydrogens (primary N) is 1. The Labute approximate surface area is 258 Å². The molecule has 0 aliphatic carbocycles. The number of nitrogens with one attached hydrogen (secondary N) is 1. The van der Waals surface area contributed by atoms with Crippen LogP contribution in [0.1, 0.15) is 30.4 Å². The van der Waals surface area contributed by atoms with Crippen LogP contribution in [-0.2, 0) is 20.8 Å². The number of rotatable bonds is 10. The Morgan fingerprint density at radius 3 is 2.55 bits per heavy atom. The number of benzene rings is 2. The minimum absolute atomic E-state index is 0.159. The van der Waals surface area contributed by atoms with E-state index in [0.29, 0.717) is 41.3 Å². The summed E-state index contributed by atoms with van der Waals surface area (Å²) < 4.78 is 11.4. The maximum absolute atomic E-state index is 12.4. The minimum atomic E-state index is -0.567. The summed E-state index contributed by atoms with van der Waals surface area (Å²) in [5.41, 5.74) is 9.42. The average Bonchev–Trinajstić information content (AvgIpc) is 3.53. The maximum atomic E-state index is 12.4. The Bertz CT molecular complexity index is 1460. The van der Waals surface area contributed by atoms with E-state index in [2.05, 4.69) is 55.9 Å². The van der Waals surface area contributed by atoms with Crippen LogP contribution in [0.3, 0.4) is 0 Å². The lowest BCUT2D eigenvalue weighted by atomic mass is 10.0. The molecule has 3 fully saturated rings. The van der Waals surface area contributed by atoms with Gasteiger partial charge in [-0.2, -0.15) is 0 Å². The Balaban J connectivity index is 1.23. The average molecular weight is 600 g/mol. The largest absolute Gasteiger partial charge is 0.494 e. The van der Waals surface area contributed by atoms with Gasteiger partial charge in [-0.15, -0.1) is 0 Å². The number of anilines is 4. The van der Waals surface area contributed by atoms with Crippen molar-refractivity contribution in [3.8, 4) is 5.75 Å². The third kappa shape index (κ3) is 6.64. The van der Waals surface area contributed by atoms with Gasteiger partial charge in [0.1, 0.15) is 17.9 Å². The Morgan fingerprint density at radius 1 is 1.05 bits per heavy atom. The predicted molar refractivity (Wildman–Crippen MR) is 171 cm³/mol. The van der Waals surface area contributed by atoms with E-state index in [-0.39, 0.29) is 11.6 Å². The van der Waals surface area contributed by atoms with Gasteiger partial charge in [0, 0.05) is 74.4 Å². The van der Waals surface area contributed by atoms with Gasteiger partial charge in [-0.1, -0.05) is 36.9 Å². The van der Waals surface area contributed by atoms with Gasteiger partial charge in [0.15, 0.2) is 5.82 Å². The van der Waals surface area contributed by atoms with E-state index >= 15 is 0 Å². The lowest BCUT2D eigenvalue weighted by Gasteiger charge is -2.42. The lowest BCUT2D eigenvalue weighted by Crippen LogP contribution is -2.51. The predicted octanol–water partition coefficient (Wildman–Crippen LogP) is 3.78. The molecule has 3 aliphatic heterocycles. The maximum Gasteiger partial charge on any atom is 0.248 e. The van der Waals surface area contributed by atoms with Gasteiger partial charge in [0.25, 0.3) is 0 Å². The molecule has 0 spiro atoms. The quantitative estimate of drug-likeness (QED) is 0.334. The van der Waals surface area contributed by atoms with Crippen molar-refractivity contribution in [1.82, 2.24) is 14.9 Å². The summed E-state index contributed by atoms with van der Waals surface area (Å²) in [4.78, 5) is 32.2. The zero-order valence-corrected chi connectivity index (χ0v) is 25.3. The molecule has 4 heterocycles. The Kier molecular flexibility index (Phi) is 9.25. The van der Waals surface area contributed by atoms with Gasteiger partial charge in [-0.25, -0.2) is 15.0 Å². The Hall–Kier alpha value is -4.19. The summed E-state index contributed by atoms with van der Waals surface area (Å²) in [5.74, 6) is 1.28. The summed E-state index contributed by atoms with van der Waals surface area (Å²) >= 11 is 0. The molecule has 1 amide bonds. The molecule has 1 aromatic heterocycles. The molecule has 6 rings (SSSR count). The number of hydrogen-bond donors (Lipinski definition) is 2. The number of primary amides is 1. The first-order valence-electron chi connectivity index (χ1n) is 15.3. The fourth-order valence-electron chi connectivity index (χ4n) is 6.36. The highest BCUT2D eigenvalue weighted by Gasteiger charge is 2.29. The molecule has 3 aliphatic rings. The second kappa shape index (κ2) is 13.6. The van der Waals surface area contributed by atoms with Gasteiger partial charge < -0.3 is 25.4 Å². The molecule has 3 saturated heterocycles. The van der Waals surface area contributed by atoms with Crippen LogP contribution in [0, 0.1) is 0 Å². The number of piperazine rings is 1. The normalized spacial score (nSPS) is 19.6. The first-order chi connectivity index (χ1) is 21.5. The molecular weight excluding hydrogens is 558 g/mol. The van der Waals surface area contributed by atoms with E-state index in [1.807, 2.05) is 29.3 Å². The number of ether oxygens (including phenoxy) is 2. The molecule has 44 heavy (non-hydrogen) atoms. The zero-order chi connectivity index (χ0) is 30.5. The number of methoxy groups -OCH3 is 1. The number of hydroxylamine groups is 1. The van der Waals surface area contributed by atoms with Crippen LogP contribution in [0.4, 0.5) is 23.0 Å². The van der Waals surface area contributed by atoms with Crippen molar-refractivity contribution < 1.29 is 19.1 Å². The molecule has 3 N–H and O–H groups in total. The van der Waals surface area contributed by atoms with Crippen LogP contribution in [0.5, 0.6) is 5.75 Å². The third-order valence-electron chi connectivity index (χ3n) is 8.77. The van der Waals surface area contributed by atoms with E-state index < -0.39 is 5.91 Å². The van der Waals surface area contributed by atoms with Crippen LogP contribution in [0.2, 0.25) is 0 Å². The van der Waals surface area contributed by atoms with Gasteiger partial charge in [-0.3, -0.25) is 14.5 Å². The molecule has 11 heteroatoms. The fraction of sp³-hybridized carbons (Fsp3) is 0.424. The molecule has 0 bridgehead atoms. The number of carbonyl (C=O) groups is 1. The second-order valence-corrected chi connectivity index (χ2v) is 11.5. The van der Waals surface area contributed by atoms with Crippen molar-refractivity contribution in [1.29, 1.82) is 0 Å². The van der Waals surface area contributed by atoms with E-state index in [4.69, 9.17) is 20.0 Å². The van der Waals surface area contributed by atoms with Crippen molar-refractivity contribution in [2.24, 2.45) is 5.73 Å². The minimum Gasteiger partial charge on any atom is -0.494 e. The van der Waals surface area contributed by atoms with Crippen molar-refractivity contribution in [3.63, 3.8) is 0 Å². The van der Waals surface area contributed by atoms with Crippen LogP contribution < -0.4 is 25.8 Å². The Morgan fingerprint density at radius 2 is 1.82 bits per heavy atom. The van der Waals surface area contributed by atoms with Crippen molar-refractivity contribution in [2.45, 2.75) is 37.8 Å². The number of amides is 1. The molecule has 3 aromatic rings. The van der Waals surface area contributed by atoms with Gasteiger partial charge in [-0.05, 0) is 37.3 Å². The molecule has 0 radical (unpaired) electrons. The highest BCUT2D eigenvalue weighted by molar-refractivity contribution is 6.19. The molecule has 11 nitrogen and oxygen atoms in total. The monoisotopic (exact) mass is 599 g/mol. The van der Waals surface area contributed by atoms with Crippen LogP contribution >= 0.6 is 0 Å². The highest BCUT2D eigenvalue weighted by atomic mass is 16.7. The molecule has 2 aromatic carbocycles. The smallest absolute Gasteiger partial charge is 0.248 e. The van der Waals surface area contributed by atoms with Crippen LogP contribution in [-0.4, -0.2) is 86.0 Å². The highest BCUT2D eigenvalue weighted by Crippen LogP contribution is 2.39. The fourth-order valence-corrected chi connectivity index (χ4v) is 6.36. The van der Waals surface area contributed by atoms with E-state index in [1.165, 1.54) is 11.9 Å². The van der Waals surface area contributed by atoms with Gasteiger partial charge in [0.2, 0.25) is 5.91 Å². The first-order valence-corrected chi connectivity index (χ1v) is 15.3. The van der Waals surface area contributed by atoms with Gasteiger partial charge >= 0.3 is 0 Å². The lowest BCUT2D eigenvalue weighted by molar-refractivity contribution is -0.112. The van der Waals surface area contributed by atoms with E-state index in [0.717, 1.165) is 70.8 Å². The molecule has 1 atom stereocenters. The van der Waals surface area contributed by atoms with Crippen molar-refractivity contribution in [2.75, 3.05) is 68.4 Å². The number of nitrogens with zero attached hydrogens (tertiary/aromatic N) is 5. The van der Waals surface area contributed by atoms with Crippen LogP contribution in [0.25, 0.3) is 5.57 Å². The number of aromatic nitrogens is 2. The summed E-state index contributed by atoms with van der Waals surface area (Å²) in [5, 5.41) is 5.25. The SMILES string of the molecule is C=C(C(N)=O)c1cc(Nc2cc(N3OCC[C@H]3Cc3ccccc3)ncn2)c(OC)cc1N1CCN(C2CCOCC2)CC1. The standard InChI is InChI=1S/C33H41N7O4/c1-23(33(34)41)27-19-28(30(42-2)20-29(27)39-13-11-38(12-14-39)25-8-15-43-16-9-25)37-31-21-32(36-22-35-31)40-26(10-17-44-40)18-24-6-4-3-5-7-24/h3-7,19-22,25-26H,1,8-18H2,2H3,(H2,34,41)(H,35,36,37)/t26-/m0/s1. The topological polar surface area (TPSA) is 118 Å². The van der Waals surface area contributed by atoms with E-state index in [9.17, 15) is 4.79 Å². The molecule has 232 valence electrons. The number of hydrogen-bond acceptors (Lipinski definition) is 10. The van der Waals surface area contributed by atoms with Crippen molar-refractivity contribution in [3.05, 3.63) is 72.6 Å². The molecule has 0 unspecified atom stereocenters. The summed E-state index contributed by atoms with van der Waals surface area (Å²) in [6.45, 7) is 9.83. The summed E-state index contributed by atoms with van der Waals surface area (Å²) in [6, 6.07) is 16.8. The first kappa shape index (κ1) is 29.9. The summed E-state index contributed by atoms with van der Waals surface area (Å²) in [6.07, 6.45) is 5.41. The zero-order valence-electron chi connectivity index (χ0n) is 25.3. The summed E-state index contributed by atoms with van der Waals surface area (Å²) in [7, 11) is 1.63. The van der Waals surface area contributed by atoms with Gasteiger partial charge in [0.05, 0.1) is 25.4 Å². The third-order valence-corrected chi connectivity index (χ3v) is 8.77. The number of carbonyl (C=O) groups excluding carboxylic acids is 1. The van der Waals surface area contributed by atoms with Crippen LogP contribution in [0.15, 0.2) is 61.4 Å². The van der Waals surface area contributed by atoms with Crippen molar-refractivity contribution >= 4 is 34.5 Å².